The second-order valence-corrected chi connectivity index (χ2v) is 6.78. The Morgan fingerprint density at radius 1 is 1.05 bits per heavy atom. The Balaban J connectivity index is 1.73. The lowest BCUT2D eigenvalue weighted by atomic mass is 9.86. The maximum absolute atomic E-state index is 12.4. The largest absolute Gasteiger partial charge is 0.343 e. The summed E-state index contributed by atoms with van der Waals surface area (Å²) in [5, 5.41) is 3.54. The molecule has 3 nitrogen and oxygen atoms in total. The Morgan fingerprint density at radius 2 is 1.70 bits per heavy atom. The Morgan fingerprint density at radius 3 is 2.30 bits per heavy atom. The number of amides is 1. The summed E-state index contributed by atoms with van der Waals surface area (Å²) in [6.07, 6.45) is 12.2. The van der Waals surface area contributed by atoms with E-state index in [-0.39, 0.29) is 0 Å². The summed E-state index contributed by atoms with van der Waals surface area (Å²) in [6, 6.07) is 1.17. The van der Waals surface area contributed by atoms with Crippen LogP contribution in [0.15, 0.2) is 0 Å². The van der Waals surface area contributed by atoms with Crippen molar-refractivity contribution in [1.29, 1.82) is 0 Å². The van der Waals surface area contributed by atoms with Crippen LogP contribution in [-0.4, -0.2) is 36.5 Å². The molecule has 0 aromatic rings. The molecule has 0 atom stereocenters. The van der Waals surface area contributed by atoms with Gasteiger partial charge in [-0.05, 0) is 51.0 Å². The van der Waals surface area contributed by atoms with Crippen molar-refractivity contribution in [2.45, 2.75) is 83.2 Å². The first-order chi connectivity index (χ1) is 9.70. The van der Waals surface area contributed by atoms with Gasteiger partial charge in [-0.2, -0.15) is 0 Å². The second-order valence-electron chi connectivity index (χ2n) is 6.78. The Bertz CT molecular complexity index is 291. The van der Waals surface area contributed by atoms with Gasteiger partial charge in [-0.15, -0.1) is 0 Å². The molecule has 2 rings (SSSR count). The fourth-order valence-electron chi connectivity index (χ4n) is 3.94. The van der Waals surface area contributed by atoms with E-state index in [1.54, 1.807) is 0 Å². The third-order valence-electron chi connectivity index (χ3n) is 5.32. The summed E-state index contributed by atoms with van der Waals surface area (Å²) in [5.41, 5.74) is 0. The molecule has 0 bridgehead atoms. The summed E-state index contributed by atoms with van der Waals surface area (Å²) >= 11 is 0. The van der Waals surface area contributed by atoms with Crippen LogP contribution in [-0.2, 0) is 4.79 Å². The molecule has 0 saturated heterocycles. The van der Waals surface area contributed by atoms with Crippen molar-refractivity contribution in [2.75, 3.05) is 13.6 Å². The fourth-order valence-corrected chi connectivity index (χ4v) is 3.94. The molecule has 116 valence electrons. The van der Waals surface area contributed by atoms with Crippen LogP contribution in [0.3, 0.4) is 0 Å². The van der Waals surface area contributed by atoms with E-state index in [0.717, 1.165) is 13.0 Å². The molecule has 3 heteroatoms. The molecule has 2 aliphatic carbocycles. The zero-order chi connectivity index (χ0) is 14.4. The number of nitrogens with one attached hydrogen (secondary N) is 1. The molecular formula is C17H32N2O. The summed E-state index contributed by atoms with van der Waals surface area (Å²) < 4.78 is 0. The maximum Gasteiger partial charge on any atom is 0.222 e. The molecule has 0 heterocycles. The third-order valence-corrected chi connectivity index (χ3v) is 5.32. The van der Waals surface area contributed by atoms with Crippen molar-refractivity contribution in [2.24, 2.45) is 5.92 Å². The van der Waals surface area contributed by atoms with E-state index in [4.69, 9.17) is 0 Å². The van der Waals surface area contributed by atoms with Gasteiger partial charge in [0, 0.05) is 25.6 Å². The van der Waals surface area contributed by atoms with E-state index < -0.39 is 0 Å². The van der Waals surface area contributed by atoms with Crippen LogP contribution in [0.5, 0.6) is 0 Å². The van der Waals surface area contributed by atoms with Crippen LogP contribution in [0.2, 0.25) is 0 Å². The molecule has 0 unspecified atom stereocenters. The van der Waals surface area contributed by atoms with Gasteiger partial charge in [0.2, 0.25) is 5.91 Å². The number of rotatable bonds is 5. The minimum atomic E-state index is 0.392. The van der Waals surface area contributed by atoms with Gasteiger partial charge in [-0.25, -0.2) is 0 Å². The lowest BCUT2D eigenvalue weighted by molar-refractivity contribution is -0.133. The lowest BCUT2D eigenvalue weighted by Crippen LogP contribution is -2.43. The van der Waals surface area contributed by atoms with Gasteiger partial charge in [0.25, 0.3) is 0 Å². The molecule has 2 saturated carbocycles. The average molecular weight is 280 g/mol. The molecule has 2 aliphatic rings. The normalized spacial score (nSPS) is 28.3. The van der Waals surface area contributed by atoms with Crippen LogP contribution < -0.4 is 5.32 Å². The average Bonchev–Trinajstić information content (AvgIpc) is 2.48. The number of nitrogens with zero attached hydrogens (tertiary/aromatic N) is 1. The number of hydrogen-bond donors (Lipinski definition) is 1. The number of carbonyl (C=O) groups is 1. The van der Waals surface area contributed by atoms with Gasteiger partial charge in [0.15, 0.2) is 0 Å². The zero-order valence-electron chi connectivity index (χ0n) is 13.4. The second kappa shape index (κ2) is 8.02. The van der Waals surface area contributed by atoms with Gasteiger partial charge in [-0.1, -0.05) is 26.2 Å². The summed E-state index contributed by atoms with van der Waals surface area (Å²) in [6.45, 7) is 3.23. The molecule has 0 radical (unpaired) electrons. The molecule has 1 N–H and O–H groups in total. The van der Waals surface area contributed by atoms with Gasteiger partial charge < -0.3 is 10.2 Å². The Labute approximate surface area is 124 Å². The van der Waals surface area contributed by atoms with Gasteiger partial charge in [0.1, 0.15) is 0 Å². The van der Waals surface area contributed by atoms with Crippen LogP contribution in [0.4, 0.5) is 0 Å². The summed E-state index contributed by atoms with van der Waals surface area (Å²) in [4.78, 5) is 14.5. The van der Waals surface area contributed by atoms with Gasteiger partial charge >= 0.3 is 0 Å². The molecule has 1 amide bonds. The van der Waals surface area contributed by atoms with E-state index in [9.17, 15) is 4.79 Å². The summed E-state index contributed by atoms with van der Waals surface area (Å²) in [5.74, 6) is 1.06. The highest BCUT2D eigenvalue weighted by atomic mass is 16.2. The van der Waals surface area contributed by atoms with Crippen molar-refractivity contribution < 1.29 is 4.79 Å². The van der Waals surface area contributed by atoms with Crippen molar-refractivity contribution in [3.05, 3.63) is 0 Å². The Kier molecular flexibility index (Phi) is 6.34. The minimum Gasteiger partial charge on any atom is -0.343 e. The summed E-state index contributed by atoms with van der Waals surface area (Å²) in [7, 11) is 2.03. The number of hydrogen-bond acceptors (Lipinski definition) is 2. The van der Waals surface area contributed by atoms with Crippen LogP contribution in [0.25, 0.3) is 0 Å². The highest BCUT2D eigenvalue weighted by Crippen LogP contribution is 2.28. The maximum atomic E-state index is 12.4. The van der Waals surface area contributed by atoms with E-state index >= 15 is 0 Å². The van der Waals surface area contributed by atoms with E-state index in [1.807, 2.05) is 7.05 Å². The standard InChI is InChI=1S/C17H32N2O/c1-3-18-15-9-11-16(12-10-15)19(2)17(20)13-14-7-5-4-6-8-14/h14-16,18H,3-13H2,1-2H3. The minimum absolute atomic E-state index is 0.392. The van der Waals surface area contributed by atoms with E-state index in [0.29, 0.717) is 23.9 Å². The van der Waals surface area contributed by atoms with Crippen molar-refractivity contribution in [1.82, 2.24) is 10.2 Å². The fraction of sp³-hybridized carbons (Fsp3) is 0.941. The predicted octanol–water partition coefficient (Wildman–Crippen LogP) is 3.34. The highest BCUT2D eigenvalue weighted by Gasteiger charge is 2.27. The zero-order valence-corrected chi connectivity index (χ0v) is 13.4. The molecule has 0 spiro atoms. The molecule has 0 aliphatic heterocycles. The van der Waals surface area contributed by atoms with Crippen molar-refractivity contribution in [3.63, 3.8) is 0 Å². The Hall–Kier alpha value is -0.570. The lowest BCUT2D eigenvalue weighted by Gasteiger charge is -2.36. The van der Waals surface area contributed by atoms with Crippen LogP contribution in [0.1, 0.15) is 71.1 Å². The first-order valence-corrected chi connectivity index (χ1v) is 8.69. The van der Waals surface area contributed by atoms with Crippen molar-refractivity contribution in [3.8, 4) is 0 Å². The van der Waals surface area contributed by atoms with Crippen LogP contribution >= 0.6 is 0 Å². The van der Waals surface area contributed by atoms with Gasteiger partial charge in [-0.3, -0.25) is 4.79 Å². The highest BCUT2D eigenvalue weighted by molar-refractivity contribution is 5.76. The van der Waals surface area contributed by atoms with Crippen LogP contribution in [0, 0.1) is 5.92 Å². The first-order valence-electron chi connectivity index (χ1n) is 8.69. The SMILES string of the molecule is CCNC1CCC(N(C)C(=O)CC2CCCCC2)CC1. The van der Waals surface area contributed by atoms with Gasteiger partial charge in [0.05, 0.1) is 0 Å². The molecule has 0 aromatic carbocycles. The quantitative estimate of drug-likeness (QED) is 0.837. The molecule has 20 heavy (non-hydrogen) atoms. The predicted molar refractivity (Wildman–Crippen MR) is 83.7 cm³/mol. The topological polar surface area (TPSA) is 32.3 Å². The monoisotopic (exact) mass is 280 g/mol. The van der Waals surface area contributed by atoms with E-state index in [2.05, 4.69) is 17.1 Å². The third kappa shape index (κ3) is 4.47. The smallest absolute Gasteiger partial charge is 0.222 e. The molecular weight excluding hydrogens is 248 g/mol. The molecule has 0 aromatic heterocycles. The van der Waals surface area contributed by atoms with E-state index in [1.165, 1.54) is 57.8 Å². The first kappa shape index (κ1) is 15.8. The van der Waals surface area contributed by atoms with Crippen molar-refractivity contribution >= 4 is 5.91 Å². The number of carbonyl (C=O) groups excluding carboxylic acids is 1. The molecule has 2 fully saturated rings.